The number of nitrogens with zero attached hydrogens (tertiary/aromatic N) is 2. The molecule has 1 aromatic heterocycles. The van der Waals surface area contributed by atoms with Crippen LogP contribution in [0.3, 0.4) is 0 Å². The second kappa shape index (κ2) is 4.63. The molecule has 0 saturated heterocycles. The van der Waals surface area contributed by atoms with Crippen molar-refractivity contribution < 1.29 is 8.91 Å². The topological polar surface area (TPSA) is 64.9 Å². The maximum absolute atomic E-state index is 13.0. The highest BCUT2D eigenvalue weighted by Gasteiger charge is 2.51. The largest absolute Gasteiger partial charge is 0.339 e. The van der Waals surface area contributed by atoms with Crippen LogP contribution < -0.4 is 5.73 Å². The average Bonchev–Trinajstić information content (AvgIpc) is 2.95. The summed E-state index contributed by atoms with van der Waals surface area (Å²) in [7, 11) is 0. The lowest BCUT2D eigenvalue weighted by Gasteiger charge is -2.37. The van der Waals surface area contributed by atoms with Crippen molar-refractivity contribution in [3.05, 3.63) is 36.0 Å². The monoisotopic (exact) mass is 289 g/mol. The lowest BCUT2D eigenvalue weighted by atomic mass is 9.72. The van der Waals surface area contributed by atoms with Gasteiger partial charge in [0.05, 0.1) is 0 Å². The third-order valence-electron chi connectivity index (χ3n) is 5.14. The summed E-state index contributed by atoms with van der Waals surface area (Å²) in [5.74, 6) is 0.979. The molecule has 0 radical (unpaired) electrons. The van der Waals surface area contributed by atoms with Gasteiger partial charge in [-0.3, -0.25) is 0 Å². The van der Waals surface area contributed by atoms with Crippen molar-refractivity contribution in [1.29, 1.82) is 0 Å². The molecular formula is C16H20FN3O. The fraction of sp³-hybridized carbons (Fsp3) is 0.500. The van der Waals surface area contributed by atoms with E-state index in [0.717, 1.165) is 18.4 Å². The first-order valence-corrected chi connectivity index (χ1v) is 7.20. The summed E-state index contributed by atoms with van der Waals surface area (Å²) in [5.41, 5.74) is 6.77. The fourth-order valence-corrected chi connectivity index (χ4v) is 3.05. The number of hydrogen-bond acceptors (Lipinski definition) is 4. The predicted octanol–water partition coefficient (Wildman–Crippen LogP) is 3.50. The Kier molecular flexibility index (Phi) is 3.13. The van der Waals surface area contributed by atoms with Crippen LogP contribution in [0.2, 0.25) is 0 Å². The molecule has 2 aromatic rings. The van der Waals surface area contributed by atoms with Crippen LogP contribution >= 0.6 is 0 Å². The quantitative estimate of drug-likeness (QED) is 0.919. The summed E-state index contributed by atoms with van der Waals surface area (Å²) >= 11 is 0. The van der Waals surface area contributed by atoms with E-state index in [1.807, 2.05) is 0 Å². The molecule has 3 rings (SSSR count). The molecule has 4 nitrogen and oxygen atoms in total. The molecule has 1 fully saturated rings. The van der Waals surface area contributed by atoms with Crippen LogP contribution in [0, 0.1) is 11.2 Å². The molecule has 0 bridgehead atoms. The van der Waals surface area contributed by atoms with E-state index in [-0.39, 0.29) is 22.7 Å². The van der Waals surface area contributed by atoms with E-state index in [2.05, 4.69) is 30.9 Å². The van der Waals surface area contributed by atoms with Crippen molar-refractivity contribution in [2.24, 2.45) is 11.1 Å². The molecule has 1 aliphatic carbocycles. The van der Waals surface area contributed by atoms with E-state index in [0.29, 0.717) is 11.7 Å². The zero-order valence-corrected chi connectivity index (χ0v) is 12.6. The van der Waals surface area contributed by atoms with Crippen molar-refractivity contribution in [3.8, 4) is 11.4 Å². The molecule has 5 heteroatoms. The van der Waals surface area contributed by atoms with Crippen molar-refractivity contribution in [2.75, 3.05) is 0 Å². The Morgan fingerprint density at radius 2 is 1.90 bits per heavy atom. The normalized spacial score (nSPS) is 28.0. The summed E-state index contributed by atoms with van der Waals surface area (Å²) in [4.78, 5) is 4.50. The molecule has 1 heterocycles. The highest BCUT2D eigenvalue weighted by Crippen LogP contribution is 2.53. The molecule has 2 atom stereocenters. The summed E-state index contributed by atoms with van der Waals surface area (Å²) in [6, 6.07) is 6.08. The maximum Gasteiger partial charge on any atom is 0.230 e. The van der Waals surface area contributed by atoms with Gasteiger partial charge < -0.3 is 10.3 Å². The van der Waals surface area contributed by atoms with Crippen LogP contribution in [0.4, 0.5) is 4.39 Å². The van der Waals surface area contributed by atoms with E-state index in [4.69, 9.17) is 10.3 Å². The van der Waals surface area contributed by atoms with E-state index >= 15 is 0 Å². The summed E-state index contributed by atoms with van der Waals surface area (Å²) < 4.78 is 18.4. The second-order valence-corrected chi connectivity index (χ2v) is 6.69. The van der Waals surface area contributed by atoms with Gasteiger partial charge in [-0.1, -0.05) is 19.0 Å². The van der Waals surface area contributed by atoms with Crippen LogP contribution in [0.15, 0.2) is 28.8 Å². The van der Waals surface area contributed by atoms with Gasteiger partial charge in [0, 0.05) is 17.0 Å². The number of rotatable bonds is 2. The number of benzene rings is 1. The number of hydrogen-bond donors (Lipinski definition) is 1. The Hall–Kier alpha value is -1.75. The van der Waals surface area contributed by atoms with Gasteiger partial charge in [-0.15, -0.1) is 0 Å². The van der Waals surface area contributed by atoms with Crippen molar-refractivity contribution in [1.82, 2.24) is 10.1 Å². The second-order valence-electron chi connectivity index (χ2n) is 6.69. The van der Waals surface area contributed by atoms with Crippen molar-refractivity contribution in [3.63, 3.8) is 0 Å². The first-order chi connectivity index (χ1) is 9.81. The lowest BCUT2D eigenvalue weighted by molar-refractivity contribution is 0.181. The summed E-state index contributed by atoms with van der Waals surface area (Å²) in [6.07, 6.45) is 1.87. The van der Waals surface area contributed by atoms with E-state index in [9.17, 15) is 4.39 Å². The standard InChI is InChI=1S/C16H20FN3O/c1-15(2)12(8-9-16(15,3)18)14-19-13(20-21-14)10-4-6-11(17)7-5-10/h4-7,12H,8-9,18H2,1-3H3/t12-,16-/m1/s1. The van der Waals surface area contributed by atoms with Crippen LogP contribution in [0.25, 0.3) is 11.4 Å². The molecular weight excluding hydrogens is 269 g/mol. The van der Waals surface area contributed by atoms with E-state index in [1.54, 1.807) is 12.1 Å². The Morgan fingerprint density at radius 3 is 2.48 bits per heavy atom. The molecule has 0 amide bonds. The van der Waals surface area contributed by atoms with Crippen LogP contribution in [0.1, 0.15) is 45.4 Å². The third-order valence-corrected chi connectivity index (χ3v) is 5.14. The van der Waals surface area contributed by atoms with Gasteiger partial charge in [-0.2, -0.15) is 4.98 Å². The minimum atomic E-state index is -0.279. The number of aromatic nitrogens is 2. The molecule has 0 unspecified atom stereocenters. The smallest absolute Gasteiger partial charge is 0.230 e. The Labute approximate surface area is 123 Å². The molecule has 1 aromatic carbocycles. The van der Waals surface area contributed by atoms with Gasteiger partial charge in [-0.05, 0) is 49.4 Å². The molecule has 0 aliphatic heterocycles. The molecule has 0 spiro atoms. The van der Waals surface area contributed by atoms with E-state index in [1.165, 1.54) is 12.1 Å². The predicted molar refractivity (Wildman–Crippen MR) is 78.0 cm³/mol. The third kappa shape index (κ3) is 2.25. The number of halogens is 1. The molecule has 1 saturated carbocycles. The van der Waals surface area contributed by atoms with Gasteiger partial charge >= 0.3 is 0 Å². The zero-order valence-electron chi connectivity index (χ0n) is 12.6. The fourth-order valence-electron chi connectivity index (χ4n) is 3.05. The van der Waals surface area contributed by atoms with Crippen LogP contribution in [-0.2, 0) is 0 Å². The van der Waals surface area contributed by atoms with Gasteiger partial charge in [0.2, 0.25) is 11.7 Å². The lowest BCUT2D eigenvalue weighted by Crippen LogP contribution is -2.47. The average molecular weight is 289 g/mol. The Morgan fingerprint density at radius 1 is 1.24 bits per heavy atom. The summed E-state index contributed by atoms with van der Waals surface area (Å²) in [6.45, 7) is 6.36. The maximum atomic E-state index is 13.0. The first-order valence-electron chi connectivity index (χ1n) is 7.20. The zero-order chi connectivity index (χ0) is 15.3. The summed E-state index contributed by atoms with van der Waals surface area (Å²) in [5, 5.41) is 4.02. The Bertz CT molecular complexity index is 646. The first kappa shape index (κ1) is 14.2. The molecule has 112 valence electrons. The molecule has 2 N–H and O–H groups in total. The SMILES string of the molecule is CC1(C)[C@@H](c2nc(-c3ccc(F)cc3)no2)CC[C@@]1(C)N. The van der Waals surface area contributed by atoms with E-state index < -0.39 is 0 Å². The molecule has 21 heavy (non-hydrogen) atoms. The van der Waals surface area contributed by atoms with Crippen LogP contribution in [0.5, 0.6) is 0 Å². The van der Waals surface area contributed by atoms with Gasteiger partial charge in [0.15, 0.2) is 0 Å². The highest BCUT2D eigenvalue weighted by atomic mass is 19.1. The van der Waals surface area contributed by atoms with Gasteiger partial charge in [0.25, 0.3) is 0 Å². The minimum absolute atomic E-state index is 0.112. The number of nitrogens with two attached hydrogens (primary N) is 1. The highest BCUT2D eigenvalue weighted by molar-refractivity contribution is 5.53. The van der Waals surface area contributed by atoms with Gasteiger partial charge in [-0.25, -0.2) is 4.39 Å². The molecule has 1 aliphatic rings. The van der Waals surface area contributed by atoms with Gasteiger partial charge in [0.1, 0.15) is 5.82 Å². The van der Waals surface area contributed by atoms with Crippen molar-refractivity contribution in [2.45, 2.75) is 45.1 Å². The van der Waals surface area contributed by atoms with Crippen LogP contribution in [-0.4, -0.2) is 15.7 Å². The minimum Gasteiger partial charge on any atom is -0.339 e. The Balaban J connectivity index is 1.91. The van der Waals surface area contributed by atoms with Crippen molar-refractivity contribution >= 4 is 0 Å².